The van der Waals surface area contributed by atoms with Gasteiger partial charge in [-0.1, -0.05) is 32.8 Å². The van der Waals surface area contributed by atoms with Crippen molar-refractivity contribution < 1.29 is 9.46 Å². The van der Waals surface area contributed by atoms with Crippen LogP contribution in [0.2, 0.25) is 0 Å². The van der Waals surface area contributed by atoms with E-state index in [0.29, 0.717) is 24.7 Å². The smallest absolute Gasteiger partial charge is 0.201 e. The van der Waals surface area contributed by atoms with Crippen LogP contribution in [0.5, 0.6) is 0 Å². The molecule has 0 aliphatic rings. The van der Waals surface area contributed by atoms with Gasteiger partial charge in [-0.15, -0.1) is 0 Å². The lowest BCUT2D eigenvalue weighted by molar-refractivity contribution is 0.457. The average Bonchev–Trinajstić information content (AvgIpc) is 2.27. The van der Waals surface area contributed by atoms with Crippen LogP contribution in [0.25, 0.3) is 0 Å². The quantitative estimate of drug-likeness (QED) is 0.760. The number of aromatic nitrogens is 1. The molecule has 96 valence electrons. The molecule has 0 aromatic carbocycles. The zero-order chi connectivity index (χ0) is 12.7. The summed E-state index contributed by atoms with van der Waals surface area (Å²) in [5, 5.41) is 0. The van der Waals surface area contributed by atoms with Crippen LogP contribution >= 0.6 is 7.37 Å². The number of pyridine rings is 1. The van der Waals surface area contributed by atoms with E-state index in [1.165, 1.54) is 0 Å². The molecular weight excluding hydrogens is 233 g/mol. The lowest BCUT2D eigenvalue weighted by Crippen LogP contribution is -2.06. The van der Waals surface area contributed by atoms with Crippen molar-refractivity contribution in [3.8, 4) is 0 Å². The van der Waals surface area contributed by atoms with Crippen molar-refractivity contribution in [1.82, 2.24) is 4.98 Å². The first-order valence-corrected chi connectivity index (χ1v) is 8.26. The fourth-order valence-electron chi connectivity index (χ4n) is 2.01. The summed E-state index contributed by atoms with van der Waals surface area (Å²) in [5.74, 6) is 0.338. The third-order valence-corrected chi connectivity index (χ3v) is 4.97. The van der Waals surface area contributed by atoms with E-state index in [1.807, 2.05) is 12.1 Å². The topological polar surface area (TPSA) is 50.2 Å². The Kier molecular flexibility index (Phi) is 5.87. The van der Waals surface area contributed by atoms with Crippen LogP contribution in [0.15, 0.2) is 24.5 Å². The summed E-state index contributed by atoms with van der Waals surface area (Å²) in [5.41, 5.74) is 1.03. The van der Waals surface area contributed by atoms with Crippen LogP contribution in [0.1, 0.15) is 32.3 Å². The SMILES string of the molecule is CCCC(C)CP(=O)(O)CCc1cccnc1. The lowest BCUT2D eigenvalue weighted by Gasteiger charge is -2.16. The van der Waals surface area contributed by atoms with E-state index in [1.54, 1.807) is 12.4 Å². The van der Waals surface area contributed by atoms with Crippen LogP contribution in [0.3, 0.4) is 0 Å². The summed E-state index contributed by atoms with van der Waals surface area (Å²) in [6.45, 7) is 4.16. The summed E-state index contributed by atoms with van der Waals surface area (Å²) in [7, 11) is -2.97. The molecule has 0 saturated carbocycles. The highest BCUT2D eigenvalue weighted by Gasteiger charge is 2.21. The van der Waals surface area contributed by atoms with Gasteiger partial charge in [0.25, 0.3) is 0 Å². The van der Waals surface area contributed by atoms with Crippen molar-refractivity contribution in [2.24, 2.45) is 5.92 Å². The predicted octanol–water partition coefficient (Wildman–Crippen LogP) is 3.33. The van der Waals surface area contributed by atoms with E-state index in [-0.39, 0.29) is 0 Å². The molecule has 4 heteroatoms. The molecule has 0 aliphatic carbocycles. The van der Waals surface area contributed by atoms with E-state index in [0.717, 1.165) is 18.4 Å². The largest absolute Gasteiger partial charge is 0.344 e. The van der Waals surface area contributed by atoms with Gasteiger partial charge < -0.3 is 4.89 Å². The summed E-state index contributed by atoms with van der Waals surface area (Å²) < 4.78 is 12.0. The number of rotatable bonds is 7. The van der Waals surface area contributed by atoms with Gasteiger partial charge in [0.1, 0.15) is 0 Å². The zero-order valence-electron chi connectivity index (χ0n) is 10.7. The van der Waals surface area contributed by atoms with Gasteiger partial charge in [0.15, 0.2) is 0 Å². The van der Waals surface area contributed by atoms with Crippen LogP contribution < -0.4 is 0 Å². The molecule has 0 spiro atoms. The molecule has 0 fully saturated rings. The maximum atomic E-state index is 12.0. The normalized spacial score (nSPS) is 16.4. The second kappa shape index (κ2) is 6.93. The Labute approximate surface area is 104 Å². The maximum absolute atomic E-state index is 12.0. The van der Waals surface area contributed by atoms with E-state index in [2.05, 4.69) is 18.8 Å². The molecule has 2 atom stereocenters. The average molecular weight is 255 g/mol. The Morgan fingerprint density at radius 1 is 1.53 bits per heavy atom. The molecule has 1 heterocycles. The summed E-state index contributed by atoms with van der Waals surface area (Å²) in [4.78, 5) is 13.9. The molecule has 1 aromatic rings. The first-order valence-electron chi connectivity index (χ1n) is 6.23. The van der Waals surface area contributed by atoms with Gasteiger partial charge in [-0.25, -0.2) is 0 Å². The molecule has 0 aliphatic heterocycles. The molecule has 3 nitrogen and oxygen atoms in total. The van der Waals surface area contributed by atoms with E-state index in [4.69, 9.17) is 0 Å². The Morgan fingerprint density at radius 2 is 2.29 bits per heavy atom. The van der Waals surface area contributed by atoms with Gasteiger partial charge in [-0.05, 0) is 24.0 Å². The van der Waals surface area contributed by atoms with Gasteiger partial charge in [0.2, 0.25) is 7.37 Å². The van der Waals surface area contributed by atoms with Crippen molar-refractivity contribution in [3.63, 3.8) is 0 Å². The molecule has 0 saturated heterocycles. The molecule has 0 radical (unpaired) electrons. The van der Waals surface area contributed by atoms with Crippen molar-refractivity contribution in [1.29, 1.82) is 0 Å². The third-order valence-electron chi connectivity index (χ3n) is 2.85. The monoisotopic (exact) mass is 255 g/mol. The summed E-state index contributed by atoms with van der Waals surface area (Å²) in [6.07, 6.45) is 7.02. The molecule has 0 bridgehead atoms. The minimum atomic E-state index is -2.97. The third kappa shape index (κ3) is 5.99. The first-order chi connectivity index (χ1) is 8.03. The van der Waals surface area contributed by atoms with Crippen molar-refractivity contribution in [2.75, 3.05) is 12.3 Å². The van der Waals surface area contributed by atoms with E-state index in [9.17, 15) is 9.46 Å². The van der Waals surface area contributed by atoms with Crippen LogP contribution in [-0.4, -0.2) is 22.2 Å². The highest BCUT2D eigenvalue weighted by Crippen LogP contribution is 2.43. The van der Waals surface area contributed by atoms with Gasteiger partial charge in [-0.2, -0.15) is 0 Å². The molecular formula is C13H22NO2P. The second-order valence-electron chi connectivity index (χ2n) is 4.76. The Hall–Kier alpha value is -0.660. The molecule has 1 rings (SSSR count). The molecule has 17 heavy (non-hydrogen) atoms. The van der Waals surface area contributed by atoms with Crippen LogP contribution in [0, 0.1) is 5.92 Å². The minimum Gasteiger partial charge on any atom is -0.344 e. The van der Waals surface area contributed by atoms with Gasteiger partial charge >= 0.3 is 0 Å². The van der Waals surface area contributed by atoms with Crippen molar-refractivity contribution >= 4 is 7.37 Å². The molecule has 0 amide bonds. The fraction of sp³-hybridized carbons (Fsp3) is 0.615. The van der Waals surface area contributed by atoms with E-state index < -0.39 is 7.37 Å². The number of hydrogen-bond donors (Lipinski definition) is 1. The Morgan fingerprint density at radius 3 is 2.88 bits per heavy atom. The molecule has 1 N–H and O–H groups in total. The first kappa shape index (κ1) is 14.4. The van der Waals surface area contributed by atoms with Gasteiger partial charge in [-0.3, -0.25) is 9.55 Å². The van der Waals surface area contributed by atoms with Crippen LogP contribution in [0.4, 0.5) is 0 Å². The fourth-order valence-corrected chi connectivity index (χ4v) is 3.96. The highest BCUT2D eigenvalue weighted by molar-refractivity contribution is 7.58. The highest BCUT2D eigenvalue weighted by atomic mass is 31.2. The standard InChI is InChI=1S/C13H22NO2P/c1-3-5-12(2)11-17(15,16)9-7-13-6-4-8-14-10-13/h4,6,8,10,12H,3,5,7,9,11H2,1-2H3,(H,15,16). The minimum absolute atomic E-state index is 0.338. The number of hydrogen-bond acceptors (Lipinski definition) is 2. The maximum Gasteiger partial charge on any atom is 0.201 e. The predicted molar refractivity (Wildman–Crippen MR) is 71.6 cm³/mol. The van der Waals surface area contributed by atoms with Gasteiger partial charge in [0.05, 0.1) is 0 Å². The zero-order valence-corrected chi connectivity index (χ0v) is 11.6. The lowest BCUT2D eigenvalue weighted by atomic mass is 10.1. The number of nitrogens with zero attached hydrogens (tertiary/aromatic N) is 1. The molecule has 1 aromatic heterocycles. The van der Waals surface area contributed by atoms with Crippen molar-refractivity contribution in [3.05, 3.63) is 30.1 Å². The van der Waals surface area contributed by atoms with E-state index >= 15 is 0 Å². The second-order valence-corrected chi connectivity index (χ2v) is 7.26. The Bertz CT molecular complexity index is 367. The van der Waals surface area contributed by atoms with Crippen molar-refractivity contribution in [2.45, 2.75) is 33.1 Å². The van der Waals surface area contributed by atoms with Crippen LogP contribution in [-0.2, 0) is 11.0 Å². The Balaban J connectivity index is 2.42. The molecule has 2 unspecified atom stereocenters. The van der Waals surface area contributed by atoms with Gasteiger partial charge in [0, 0.05) is 24.7 Å². The number of aryl methyl sites for hydroxylation is 1. The summed E-state index contributed by atoms with van der Waals surface area (Å²) in [6, 6.07) is 3.81. The summed E-state index contributed by atoms with van der Waals surface area (Å²) >= 11 is 0.